The minimum absolute atomic E-state index is 0.203. The molecular formula is C26H22FN3O3. The maximum absolute atomic E-state index is 13.8. The molecule has 1 aliphatic rings. The Morgan fingerprint density at radius 3 is 2.33 bits per heavy atom. The molecule has 0 heterocycles. The third-order valence-corrected chi connectivity index (χ3v) is 5.93. The summed E-state index contributed by atoms with van der Waals surface area (Å²) in [5, 5.41) is 25.1. The number of carbonyl (C=O) groups excluding carboxylic acids is 1. The monoisotopic (exact) mass is 443 g/mol. The van der Waals surface area contributed by atoms with Crippen LogP contribution >= 0.6 is 0 Å². The van der Waals surface area contributed by atoms with Crippen LogP contribution in [0.15, 0.2) is 66.7 Å². The quantitative estimate of drug-likeness (QED) is 0.517. The summed E-state index contributed by atoms with van der Waals surface area (Å²) in [4.78, 5) is 25.1. The van der Waals surface area contributed by atoms with Crippen LogP contribution in [0.5, 0.6) is 0 Å². The molecule has 0 spiro atoms. The molecule has 3 aromatic carbocycles. The zero-order chi connectivity index (χ0) is 23.4. The standard InChI is InChI=1S/C26H22FN3O3/c27-22-8-4-3-5-17(22)11-12-29-23-13-18(9-10-21(23)16-28)24(31)30-26(25(32)33)14-19-6-1-2-7-20(19)15-26/h1-10,13,29H,11-12,14-15H2,(H,30,31)(H,32,33). The number of aliphatic carboxylic acids is 1. The Morgan fingerprint density at radius 2 is 1.70 bits per heavy atom. The number of halogens is 1. The van der Waals surface area contributed by atoms with Crippen LogP contribution in [-0.4, -0.2) is 29.1 Å². The zero-order valence-corrected chi connectivity index (χ0v) is 17.8. The predicted molar refractivity (Wildman–Crippen MR) is 121 cm³/mol. The Bertz CT molecular complexity index is 1240. The molecule has 3 N–H and O–H groups in total. The number of carboxylic acids is 1. The summed E-state index contributed by atoms with van der Waals surface area (Å²) in [5.74, 6) is -1.93. The fourth-order valence-corrected chi connectivity index (χ4v) is 4.16. The van der Waals surface area contributed by atoms with Gasteiger partial charge in [-0.25, -0.2) is 9.18 Å². The lowest BCUT2D eigenvalue weighted by atomic mass is 9.95. The van der Waals surface area contributed by atoms with Gasteiger partial charge in [0.15, 0.2) is 0 Å². The van der Waals surface area contributed by atoms with E-state index in [4.69, 9.17) is 0 Å². The number of benzene rings is 3. The first-order valence-corrected chi connectivity index (χ1v) is 10.6. The third kappa shape index (κ3) is 4.55. The van der Waals surface area contributed by atoms with Crippen LogP contribution < -0.4 is 10.6 Å². The van der Waals surface area contributed by atoms with E-state index in [1.54, 1.807) is 18.2 Å². The van der Waals surface area contributed by atoms with Crippen molar-refractivity contribution in [1.82, 2.24) is 5.32 Å². The van der Waals surface area contributed by atoms with Gasteiger partial charge in [0, 0.05) is 24.9 Å². The highest BCUT2D eigenvalue weighted by Crippen LogP contribution is 2.31. The lowest BCUT2D eigenvalue weighted by Crippen LogP contribution is -2.55. The fraction of sp³-hybridized carbons (Fsp3) is 0.192. The molecular weight excluding hydrogens is 421 g/mol. The molecule has 0 saturated carbocycles. The van der Waals surface area contributed by atoms with Gasteiger partial charge in [0.1, 0.15) is 17.4 Å². The second-order valence-corrected chi connectivity index (χ2v) is 8.10. The number of amides is 1. The number of nitriles is 1. The van der Waals surface area contributed by atoms with Gasteiger partial charge >= 0.3 is 5.97 Å². The molecule has 3 aromatic rings. The van der Waals surface area contributed by atoms with Crippen molar-refractivity contribution in [2.75, 3.05) is 11.9 Å². The molecule has 1 aliphatic carbocycles. The van der Waals surface area contributed by atoms with Crippen molar-refractivity contribution >= 4 is 17.6 Å². The van der Waals surface area contributed by atoms with E-state index >= 15 is 0 Å². The summed E-state index contributed by atoms with van der Waals surface area (Å²) >= 11 is 0. The Morgan fingerprint density at radius 1 is 1.03 bits per heavy atom. The highest BCUT2D eigenvalue weighted by Gasteiger charge is 2.45. The Labute approximate surface area is 190 Å². The van der Waals surface area contributed by atoms with Crippen LogP contribution in [0, 0.1) is 17.1 Å². The minimum Gasteiger partial charge on any atom is -0.479 e. The van der Waals surface area contributed by atoms with Crippen molar-refractivity contribution in [3.05, 3.63) is 100 Å². The van der Waals surface area contributed by atoms with Crippen molar-refractivity contribution in [3.63, 3.8) is 0 Å². The van der Waals surface area contributed by atoms with Crippen molar-refractivity contribution in [2.24, 2.45) is 0 Å². The average molecular weight is 443 g/mol. The summed E-state index contributed by atoms with van der Waals surface area (Å²) in [6.07, 6.45) is 0.802. The normalized spacial score (nSPS) is 13.6. The Hall–Kier alpha value is -4.18. The second kappa shape index (κ2) is 9.13. The lowest BCUT2D eigenvalue weighted by Gasteiger charge is -2.25. The average Bonchev–Trinajstić information content (AvgIpc) is 3.19. The van der Waals surface area contributed by atoms with E-state index in [-0.39, 0.29) is 24.2 Å². The first-order chi connectivity index (χ1) is 15.9. The van der Waals surface area contributed by atoms with E-state index in [2.05, 4.69) is 16.7 Å². The Balaban J connectivity index is 1.50. The summed E-state index contributed by atoms with van der Waals surface area (Å²) in [6.45, 7) is 0.356. The van der Waals surface area contributed by atoms with Crippen molar-refractivity contribution < 1.29 is 19.1 Å². The van der Waals surface area contributed by atoms with Crippen LogP contribution in [0.1, 0.15) is 32.6 Å². The summed E-state index contributed by atoms with van der Waals surface area (Å²) in [5.41, 5.74) is 1.92. The van der Waals surface area contributed by atoms with Gasteiger partial charge in [-0.2, -0.15) is 5.26 Å². The zero-order valence-electron chi connectivity index (χ0n) is 17.8. The molecule has 0 atom stereocenters. The van der Waals surface area contributed by atoms with E-state index in [1.807, 2.05) is 24.3 Å². The molecule has 0 unspecified atom stereocenters. The number of carbonyl (C=O) groups is 2. The van der Waals surface area contributed by atoms with Gasteiger partial charge in [0.2, 0.25) is 0 Å². The van der Waals surface area contributed by atoms with Crippen molar-refractivity contribution in [2.45, 2.75) is 24.8 Å². The number of hydrogen-bond donors (Lipinski definition) is 3. The van der Waals surface area contributed by atoms with Crippen LogP contribution in [0.25, 0.3) is 0 Å². The molecule has 33 heavy (non-hydrogen) atoms. The van der Waals surface area contributed by atoms with Gasteiger partial charge in [-0.05, 0) is 47.4 Å². The number of anilines is 1. The van der Waals surface area contributed by atoms with E-state index in [9.17, 15) is 24.3 Å². The van der Waals surface area contributed by atoms with Crippen LogP contribution in [0.4, 0.5) is 10.1 Å². The molecule has 6 nitrogen and oxygen atoms in total. The number of rotatable bonds is 7. The lowest BCUT2D eigenvalue weighted by molar-refractivity contribution is -0.144. The van der Waals surface area contributed by atoms with Gasteiger partial charge in [0.25, 0.3) is 5.91 Å². The summed E-state index contributed by atoms with van der Waals surface area (Å²) < 4.78 is 13.8. The number of fused-ring (bicyclic) bond motifs is 1. The largest absolute Gasteiger partial charge is 0.479 e. The van der Waals surface area contributed by atoms with Gasteiger partial charge in [0.05, 0.1) is 11.3 Å². The van der Waals surface area contributed by atoms with Gasteiger partial charge in [-0.15, -0.1) is 0 Å². The maximum Gasteiger partial charge on any atom is 0.330 e. The molecule has 0 aliphatic heterocycles. The molecule has 0 aromatic heterocycles. The maximum atomic E-state index is 13.8. The molecule has 7 heteroatoms. The number of nitrogens with zero attached hydrogens (tertiary/aromatic N) is 1. The van der Waals surface area contributed by atoms with Gasteiger partial charge in [-0.3, -0.25) is 4.79 Å². The first-order valence-electron chi connectivity index (χ1n) is 10.6. The highest BCUT2D eigenvalue weighted by atomic mass is 19.1. The molecule has 0 fully saturated rings. The Kier molecular flexibility index (Phi) is 6.09. The summed E-state index contributed by atoms with van der Waals surface area (Å²) in [7, 11) is 0. The van der Waals surface area contributed by atoms with Gasteiger partial charge < -0.3 is 15.7 Å². The van der Waals surface area contributed by atoms with E-state index in [1.165, 1.54) is 24.3 Å². The van der Waals surface area contributed by atoms with Crippen LogP contribution in [-0.2, 0) is 24.1 Å². The van der Waals surface area contributed by atoms with Gasteiger partial charge in [-0.1, -0.05) is 42.5 Å². The fourth-order valence-electron chi connectivity index (χ4n) is 4.16. The number of carboxylic acid groups (broad SMARTS) is 1. The van der Waals surface area contributed by atoms with Crippen molar-refractivity contribution in [1.29, 1.82) is 5.26 Å². The molecule has 166 valence electrons. The number of hydrogen-bond acceptors (Lipinski definition) is 4. The second-order valence-electron chi connectivity index (χ2n) is 8.10. The molecule has 1 amide bonds. The van der Waals surface area contributed by atoms with E-state index < -0.39 is 17.4 Å². The third-order valence-electron chi connectivity index (χ3n) is 5.93. The molecule has 4 rings (SSSR count). The minimum atomic E-state index is -1.42. The van der Waals surface area contributed by atoms with Crippen LogP contribution in [0.3, 0.4) is 0 Å². The SMILES string of the molecule is N#Cc1ccc(C(=O)NC2(C(=O)O)Cc3ccccc3C2)cc1NCCc1ccccc1F. The number of nitrogens with one attached hydrogen (secondary N) is 2. The molecule has 0 bridgehead atoms. The van der Waals surface area contributed by atoms with Crippen LogP contribution in [0.2, 0.25) is 0 Å². The highest BCUT2D eigenvalue weighted by molar-refractivity contribution is 5.99. The first kappa shape index (κ1) is 22.0. The smallest absolute Gasteiger partial charge is 0.330 e. The van der Waals surface area contributed by atoms with Crippen molar-refractivity contribution in [3.8, 4) is 6.07 Å². The predicted octanol–water partition coefficient (Wildman–Crippen LogP) is 3.70. The summed E-state index contributed by atoms with van der Waals surface area (Å²) in [6, 6.07) is 20.5. The van der Waals surface area contributed by atoms with E-state index in [0.717, 1.165) is 11.1 Å². The molecule has 0 saturated heterocycles. The van der Waals surface area contributed by atoms with E-state index in [0.29, 0.717) is 29.8 Å². The molecule has 0 radical (unpaired) electrons. The topological polar surface area (TPSA) is 102 Å².